The summed E-state index contributed by atoms with van der Waals surface area (Å²) in [6.07, 6.45) is 0.623. The maximum Gasteiger partial charge on any atom is 0.338 e. The summed E-state index contributed by atoms with van der Waals surface area (Å²) < 4.78 is 33.5. The largest absolute Gasteiger partial charge is 0.454 e. The number of benzene rings is 3. The van der Waals surface area contributed by atoms with Crippen LogP contribution in [-0.4, -0.2) is 32.8 Å². The Labute approximate surface area is 193 Å². The van der Waals surface area contributed by atoms with Crippen molar-refractivity contribution in [1.29, 1.82) is 0 Å². The van der Waals surface area contributed by atoms with Crippen molar-refractivity contribution in [3.63, 3.8) is 0 Å². The van der Waals surface area contributed by atoms with Crippen LogP contribution in [0.4, 0.5) is 5.69 Å². The maximum absolute atomic E-state index is 13.4. The first kappa shape index (κ1) is 22.7. The lowest BCUT2D eigenvalue weighted by molar-refractivity contribution is 0.0474. The standard InChI is InChI=1S/C26H25NO5S/c1-17-11-12-18(2)23(13-17)25(28)16-32-26(29)21-8-6-9-22(15-21)33(30,31)27-19(3)14-20-7-4-5-10-24(20)27/h4-13,15,19H,14,16H2,1-3H3/t19-/m0/s1. The molecule has 3 aromatic carbocycles. The fourth-order valence-corrected chi connectivity index (χ4v) is 5.87. The van der Waals surface area contributed by atoms with E-state index in [4.69, 9.17) is 4.74 Å². The number of carbonyl (C=O) groups excluding carboxylic acids is 2. The lowest BCUT2D eigenvalue weighted by Crippen LogP contribution is -2.35. The minimum absolute atomic E-state index is 0.00126. The molecule has 7 heteroatoms. The fraction of sp³-hybridized carbons (Fsp3) is 0.231. The highest BCUT2D eigenvalue weighted by Gasteiger charge is 2.36. The van der Waals surface area contributed by atoms with Crippen molar-refractivity contribution in [2.75, 3.05) is 10.9 Å². The van der Waals surface area contributed by atoms with Gasteiger partial charge in [-0.1, -0.05) is 42.0 Å². The number of para-hydroxylation sites is 1. The number of aryl methyl sites for hydroxylation is 2. The molecule has 1 aliphatic heterocycles. The molecule has 0 saturated carbocycles. The molecule has 4 rings (SSSR count). The Morgan fingerprint density at radius 1 is 1.00 bits per heavy atom. The minimum atomic E-state index is -3.88. The molecule has 0 saturated heterocycles. The van der Waals surface area contributed by atoms with Crippen LogP contribution in [0.25, 0.3) is 0 Å². The third-order valence-electron chi connectivity index (χ3n) is 5.80. The van der Waals surface area contributed by atoms with Gasteiger partial charge in [-0.25, -0.2) is 13.2 Å². The number of sulfonamides is 1. The summed E-state index contributed by atoms with van der Waals surface area (Å²) in [6, 6.07) is 18.4. The molecule has 170 valence electrons. The van der Waals surface area contributed by atoms with Crippen molar-refractivity contribution >= 4 is 27.5 Å². The van der Waals surface area contributed by atoms with Gasteiger partial charge in [0.1, 0.15) is 0 Å². The van der Waals surface area contributed by atoms with E-state index < -0.39 is 22.6 Å². The second kappa shape index (κ2) is 8.83. The Morgan fingerprint density at radius 3 is 2.55 bits per heavy atom. The first-order valence-electron chi connectivity index (χ1n) is 10.7. The molecular formula is C26H25NO5S. The summed E-state index contributed by atoms with van der Waals surface area (Å²) in [5.41, 5.74) is 3.93. The predicted molar refractivity (Wildman–Crippen MR) is 126 cm³/mol. The molecule has 33 heavy (non-hydrogen) atoms. The second-order valence-corrected chi connectivity index (χ2v) is 10.1. The van der Waals surface area contributed by atoms with E-state index in [1.807, 2.05) is 45.0 Å². The predicted octanol–water partition coefficient (Wildman–Crippen LogP) is 4.48. The van der Waals surface area contributed by atoms with Gasteiger partial charge in [-0.15, -0.1) is 0 Å². The minimum Gasteiger partial charge on any atom is -0.454 e. The van der Waals surface area contributed by atoms with Crippen molar-refractivity contribution in [3.8, 4) is 0 Å². The summed E-state index contributed by atoms with van der Waals surface area (Å²) in [5.74, 6) is -1.06. The summed E-state index contributed by atoms with van der Waals surface area (Å²) in [5, 5.41) is 0. The fourth-order valence-electron chi connectivity index (χ4n) is 4.13. The second-order valence-electron chi connectivity index (χ2n) is 8.33. The van der Waals surface area contributed by atoms with Gasteiger partial charge in [0.25, 0.3) is 10.0 Å². The number of nitrogens with zero attached hydrogens (tertiary/aromatic N) is 1. The number of ether oxygens (including phenoxy) is 1. The highest BCUT2D eigenvalue weighted by Crippen LogP contribution is 2.36. The maximum atomic E-state index is 13.4. The van der Waals surface area contributed by atoms with Gasteiger partial charge in [0.15, 0.2) is 6.61 Å². The molecule has 0 radical (unpaired) electrons. The van der Waals surface area contributed by atoms with Crippen LogP contribution in [0.15, 0.2) is 71.6 Å². The molecule has 0 amide bonds. The lowest BCUT2D eigenvalue weighted by Gasteiger charge is -2.24. The molecule has 0 bridgehead atoms. The van der Waals surface area contributed by atoms with Gasteiger partial charge in [-0.2, -0.15) is 0 Å². The number of hydrogen-bond donors (Lipinski definition) is 0. The van der Waals surface area contributed by atoms with E-state index >= 15 is 0 Å². The van der Waals surface area contributed by atoms with E-state index in [1.54, 1.807) is 18.2 Å². The van der Waals surface area contributed by atoms with Gasteiger partial charge >= 0.3 is 5.97 Å². The SMILES string of the molecule is Cc1ccc(C)c(C(=O)COC(=O)c2cccc(S(=O)(=O)N3c4ccccc4C[C@@H]3C)c2)c1. The van der Waals surface area contributed by atoms with Gasteiger partial charge in [0, 0.05) is 11.6 Å². The lowest BCUT2D eigenvalue weighted by atomic mass is 10.0. The zero-order chi connectivity index (χ0) is 23.8. The molecule has 3 aromatic rings. The van der Waals surface area contributed by atoms with E-state index in [0.29, 0.717) is 17.7 Å². The summed E-state index contributed by atoms with van der Waals surface area (Å²) in [7, 11) is -3.88. The van der Waals surface area contributed by atoms with Crippen LogP contribution in [0, 0.1) is 13.8 Å². The van der Waals surface area contributed by atoms with Crippen LogP contribution in [0.1, 0.15) is 44.3 Å². The molecule has 6 nitrogen and oxygen atoms in total. The molecule has 1 atom stereocenters. The van der Waals surface area contributed by atoms with Gasteiger partial charge in [0.2, 0.25) is 5.78 Å². The molecular weight excluding hydrogens is 438 g/mol. The Kier molecular flexibility index (Phi) is 6.08. The van der Waals surface area contributed by atoms with Crippen LogP contribution in [0.3, 0.4) is 0 Å². The molecule has 0 unspecified atom stereocenters. The highest BCUT2D eigenvalue weighted by molar-refractivity contribution is 7.92. The third-order valence-corrected chi connectivity index (χ3v) is 7.72. The molecule has 1 heterocycles. The monoisotopic (exact) mass is 463 g/mol. The summed E-state index contributed by atoms with van der Waals surface area (Å²) in [6.45, 7) is 5.14. The average molecular weight is 464 g/mol. The van der Waals surface area contributed by atoms with E-state index in [-0.39, 0.29) is 22.3 Å². The van der Waals surface area contributed by atoms with Gasteiger partial charge in [-0.3, -0.25) is 9.10 Å². The number of ketones is 1. The number of anilines is 1. The molecule has 1 aliphatic rings. The van der Waals surface area contributed by atoms with E-state index in [9.17, 15) is 18.0 Å². The Morgan fingerprint density at radius 2 is 1.76 bits per heavy atom. The normalized spacial score (nSPS) is 15.2. The van der Waals surface area contributed by atoms with Crippen LogP contribution < -0.4 is 4.31 Å². The summed E-state index contributed by atoms with van der Waals surface area (Å²) >= 11 is 0. The smallest absolute Gasteiger partial charge is 0.338 e. The quantitative estimate of drug-likeness (QED) is 0.398. The molecule has 0 spiro atoms. The Balaban J connectivity index is 1.53. The number of esters is 1. The van der Waals surface area contributed by atoms with Crippen LogP contribution in [-0.2, 0) is 21.2 Å². The molecule has 0 aromatic heterocycles. The van der Waals surface area contributed by atoms with Crippen LogP contribution in [0.2, 0.25) is 0 Å². The van der Waals surface area contributed by atoms with Crippen molar-refractivity contribution in [3.05, 3.63) is 94.5 Å². The molecule has 0 aliphatic carbocycles. The van der Waals surface area contributed by atoms with E-state index in [0.717, 1.165) is 16.7 Å². The number of Topliss-reactive ketones (excluding diaryl/α,β-unsaturated/α-hetero) is 1. The number of hydrogen-bond acceptors (Lipinski definition) is 5. The van der Waals surface area contributed by atoms with Crippen molar-refractivity contribution in [2.24, 2.45) is 0 Å². The van der Waals surface area contributed by atoms with Crippen molar-refractivity contribution < 1.29 is 22.7 Å². The third kappa shape index (κ3) is 4.41. The van der Waals surface area contributed by atoms with Gasteiger partial charge in [-0.05, 0) is 68.7 Å². The van der Waals surface area contributed by atoms with Crippen LogP contribution >= 0.6 is 0 Å². The Hall–Kier alpha value is -3.45. The molecule has 0 N–H and O–H groups in total. The van der Waals surface area contributed by atoms with Gasteiger partial charge < -0.3 is 4.74 Å². The Bertz CT molecular complexity index is 1350. The van der Waals surface area contributed by atoms with Gasteiger partial charge in [0.05, 0.1) is 16.1 Å². The number of fused-ring (bicyclic) bond motifs is 1. The van der Waals surface area contributed by atoms with Crippen LogP contribution in [0.5, 0.6) is 0 Å². The zero-order valence-electron chi connectivity index (χ0n) is 18.7. The average Bonchev–Trinajstić information content (AvgIpc) is 3.15. The van der Waals surface area contributed by atoms with E-state index in [1.165, 1.54) is 28.6 Å². The first-order chi connectivity index (χ1) is 15.7. The van der Waals surface area contributed by atoms with Crippen molar-refractivity contribution in [2.45, 2.75) is 38.1 Å². The number of carbonyl (C=O) groups is 2. The number of rotatable bonds is 6. The van der Waals surface area contributed by atoms with Crippen molar-refractivity contribution in [1.82, 2.24) is 0 Å². The summed E-state index contributed by atoms with van der Waals surface area (Å²) in [4.78, 5) is 25.1. The zero-order valence-corrected chi connectivity index (χ0v) is 19.6. The first-order valence-corrected chi connectivity index (χ1v) is 12.1. The topological polar surface area (TPSA) is 80.8 Å². The highest BCUT2D eigenvalue weighted by atomic mass is 32.2. The molecule has 0 fully saturated rings. The van der Waals surface area contributed by atoms with E-state index in [2.05, 4.69) is 0 Å².